The number of benzene rings is 1. The maximum Gasteiger partial charge on any atom is 0.417 e. The predicted molar refractivity (Wildman–Crippen MR) is 98.0 cm³/mol. The molecule has 3 rings (SSSR count). The highest BCUT2D eigenvalue weighted by Crippen LogP contribution is 2.38. The van der Waals surface area contributed by atoms with Gasteiger partial charge in [0.15, 0.2) is 0 Å². The number of halogens is 3. The second kappa shape index (κ2) is 7.68. The number of anilines is 1. The second-order valence-electron chi connectivity index (χ2n) is 6.95. The van der Waals surface area contributed by atoms with Gasteiger partial charge in [-0.15, -0.1) is 0 Å². The van der Waals surface area contributed by atoms with E-state index in [1.165, 1.54) is 0 Å². The Labute approximate surface area is 156 Å². The topological polar surface area (TPSA) is 68.0 Å². The third-order valence-corrected chi connectivity index (χ3v) is 5.10. The molecule has 1 amide bonds. The van der Waals surface area contributed by atoms with Gasteiger partial charge in [-0.25, -0.2) is 0 Å². The van der Waals surface area contributed by atoms with E-state index in [4.69, 9.17) is 5.73 Å². The Balaban J connectivity index is 1.79. The number of aromatic nitrogens is 1. The maximum atomic E-state index is 13.3. The number of aryl methyl sites for hydroxylation is 1. The van der Waals surface area contributed by atoms with Gasteiger partial charge < -0.3 is 11.1 Å². The van der Waals surface area contributed by atoms with Crippen molar-refractivity contribution in [3.05, 3.63) is 47.8 Å². The van der Waals surface area contributed by atoms with Crippen molar-refractivity contribution in [2.45, 2.75) is 44.8 Å². The van der Waals surface area contributed by atoms with Gasteiger partial charge in [0.1, 0.15) is 0 Å². The SMILES string of the molecule is Cc1nccc(C(F)(F)F)c1-c1ccc(NC(=O)[C@@H](N)C2CCCC2)cc1. The number of nitrogens with two attached hydrogens (primary N) is 1. The van der Waals surface area contributed by atoms with E-state index in [-0.39, 0.29) is 17.4 Å². The lowest BCUT2D eigenvalue weighted by Gasteiger charge is -2.18. The molecule has 144 valence electrons. The molecule has 1 aliphatic rings. The van der Waals surface area contributed by atoms with Gasteiger partial charge in [0.25, 0.3) is 0 Å². The number of nitrogens with one attached hydrogen (secondary N) is 1. The molecule has 3 N–H and O–H groups in total. The van der Waals surface area contributed by atoms with E-state index in [1.807, 2.05) is 0 Å². The monoisotopic (exact) mass is 377 g/mol. The van der Waals surface area contributed by atoms with Gasteiger partial charge >= 0.3 is 6.18 Å². The first kappa shape index (κ1) is 19.4. The first-order chi connectivity index (χ1) is 12.8. The fourth-order valence-electron chi connectivity index (χ4n) is 3.64. The van der Waals surface area contributed by atoms with Crippen LogP contribution in [0.25, 0.3) is 11.1 Å². The molecule has 7 heteroatoms. The number of carbonyl (C=O) groups excluding carboxylic acids is 1. The highest BCUT2D eigenvalue weighted by atomic mass is 19.4. The Morgan fingerprint density at radius 3 is 2.41 bits per heavy atom. The Hall–Kier alpha value is -2.41. The van der Waals surface area contributed by atoms with Crippen molar-refractivity contribution in [3.8, 4) is 11.1 Å². The number of rotatable bonds is 4. The van der Waals surface area contributed by atoms with Crippen LogP contribution in [0, 0.1) is 12.8 Å². The van der Waals surface area contributed by atoms with Gasteiger partial charge in [-0.3, -0.25) is 9.78 Å². The van der Waals surface area contributed by atoms with Crippen molar-refractivity contribution >= 4 is 11.6 Å². The molecule has 27 heavy (non-hydrogen) atoms. The van der Waals surface area contributed by atoms with E-state index >= 15 is 0 Å². The third-order valence-electron chi connectivity index (χ3n) is 5.10. The average molecular weight is 377 g/mol. The molecule has 0 aliphatic heterocycles. The molecule has 1 atom stereocenters. The summed E-state index contributed by atoms with van der Waals surface area (Å²) in [5.41, 5.74) is 6.55. The molecule has 0 saturated heterocycles. The molecule has 0 radical (unpaired) electrons. The van der Waals surface area contributed by atoms with E-state index in [9.17, 15) is 18.0 Å². The number of carbonyl (C=O) groups is 1. The van der Waals surface area contributed by atoms with Gasteiger partial charge in [0.2, 0.25) is 5.91 Å². The zero-order valence-corrected chi connectivity index (χ0v) is 15.0. The molecule has 0 unspecified atom stereocenters. The molecule has 0 bridgehead atoms. The average Bonchev–Trinajstić information content (AvgIpc) is 3.15. The van der Waals surface area contributed by atoms with E-state index in [0.29, 0.717) is 16.9 Å². The van der Waals surface area contributed by atoms with Crippen molar-refractivity contribution in [2.75, 3.05) is 5.32 Å². The van der Waals surface area contributed by atoms with Crippen molar-refractivity contribution in [1.82, 2.24) is 4.98 Å². The van der Waals surface area contributed by atoms with E-state index < -0.39 is 17.8 Å². The molecule has 0 spiro atoms. The number of pyridine rings is 1. The smallest absolute Gasteiger partial charge is 0.325 e. The van der Waals surface area contributed by atoms with Crippen LogP contribution in [0.4, 0.5) is 18.9 Å². The number of nitrogens with zero attached hydrogens (tertiary/aromatic N) is 1. The van der Waals surface area contributed by atoms with Crippen LogP contribution in [-0.4, -0.2) is 16.9 Å². The normalized spacial score (nSPS) is 16.3. The quantitative estimate of drug-likeness (QED) is 0.822. The summed E-state index contributed by atoms with van der Waals surface area (Å²) >= 11 is 0. The minimum Gasteiger partial charge on any atom is -0.325 e. The first-order valence-electron chi connectivity index (χ1n) is 8.97. The van der Waals surface area contributed by atoms with Crippen LogP contribution in [-0.2, 0) is 11.0 Å². The van der Waals surface area contributed by atoms with Crippen LogP contribution in [0.1, 0.15) is 36.9 Å². The van der Waals surface area contributed by atoms with Gasteiger partial charge in [-0.2, -0.15) is 13.2 Å². The molecule has 1 saturated carbocycles. The standard InChI is InChI=1S/C20H22F3N3O/c1-12-17(16(10-11-25-12)20(21,22)23)13-6-8-15(9-7-13)26-19(27)18(24)14-4-2-3-5-14/h6-11,14,18H,2-5,24H2,1H3,(H,26,27)/t18-/m0/s1. The lowest BCUT2D eigenvalue weighted by molar-refractivity contribution is -0.137. The molecule has 1 aliphatic carbocycles. The number of hydrogen-bond acceptors (Lipinski definition) is 3. The molecule has 1 fully saturated rings. The molecule has 4 nitrogen and oxygen atoms in total. The Morgan fingerprint density at radius 2 is 1.81 bits per heavy atom. The zero-order chi connectivity index (χ0) is 19.6. The van der Waals surface area contributed by atoms with Crippen LogP contribution in [0.5, 0.6) is 0 Å². The number of amides is 1. The largest absolute Gasteiger partial charge is 0.417 e. The Bertz CT molecular complexity index is 812. The lowest BCUT2D eigenvalue weighted by atomic mass is 9.97. The minimum absolute atomic E-state index is 0.0468. The van der Waals surface area contributed by atoms with Crippen LogP contribution >= 0.6 is 0 Å². The summed E-state index contributed by atoms with van der Waals surface area (Å²) in [5, 5.41) is 2.75. The van der Waals surface area contributed by atoms with Gasteiger partial charge in [-0.1, -0.05) is 25.0 Å². The lowest BCUT2D eigenvalue weighted by Crippen LogP contribution is -2.40. The van der Waals surface area contributed by atoms with Gasteiger partial charge in [-0.05, 0) is 49.4 Å². The summed E-state index contributed by atoms with van der Waals surface area (Å²) in [6.45, 7) is 1.54. The predicted octanol–water partition coefficient (Wildman–Crippen LogP) is 4.53. The van der Waals surface area contributed by atoms with Crippen LogP contribution in [0.15, 0.2) is 36.5 Å². The first-order valence-corrected chi connectivity index (χ1v) is 8.97. The fourth-order valence-corrected chi connectivity index (χ4v) is 3.64. The summed E-state index contributed by atoms with van der Waals surface area (Å²) in [6, 6.07) is 6.68. The summed E-state index contributed by atoms with van der Waals surface area (Å²) < 4.78 is 39.9. The number of hydrogen-bond donors (Lipinski definition) is 2. The molecule has 1 aromatic carbocycles. The van der Waals surface area contributed by atoms with E-state index in [1.54, 1.807) is 31.2 Å². The number of alkyl halides is 3. The van der Waals surface area contributed by atoms with Crippen LogP contribution < -0.4 is 11.1 Å². The molecule has 1 aromatic heterocycles. The molecular weight excluding hydrogens is 355 g/mol. The van der Waals surface area contributed by atoms with Gasteiger partial charge in [0.05, 0.1) is 11.6 Å². The highest BCUT2D eigenvalue weighted by Gasteiger charge is 2.34. The Morgan fingerprint density at radius 1 is 1.19 bits per heavy atom. The highest BCUT2D eigenvalue weighted by molar-refractivity contribution is 5.95. The summed E-state index contributed by atoms with van der Waals surface area (Å²) in [7, 11) is 0. The van der Waals surface area contributed by atoms with E-state index in [2.05, 4.69) is 10.3 Å². The maximum absolute atomic E-state index is 13.3. The third kappa shape index (κ3) is 4.30. The molecule has 2 aromatic rings. The fraction of sp³-hybridized carbons (Fsp3) is 0.400. The molecule has 1 heterocycles. The van der Waals surface area contributed by atoms with Gasteiger partial charge in [0, 0.05) is 23.1 Å². The summed E-state index contributed by atoms with van der Waals surface area (Å²) in [6.07, 6.45) is 0.769. The second-order valence-corrected chi connectivity index (χ2v) is 6.95. The van der Waals surface area contributed by atoms with Crippen molar-refractivity contribution in [2.24, 2.45) is 11.7 Å². The van der Waals surface area contributed by atoms with Crippen molar-refractivity contribution < 1.29 is 18.0 Å². The van der Waals surface area contributed by atoms with Crippen LogP contribution in [0.2, 0.25) is 0 Å². The molecular formula is C20H22F3N3O. The summed E-state index contributed by atoms with van der Waals surface area (Å²) in [4.78, 5) is 16.3. The summed E-state index contributed by atoms with van der Waals surface area (Å²) in [5.74, 6) is -0.0696. The zero-order valence-electron chi connectivity index (χ0n) is 15.0. The van der Waals surface area contributed by atoms with E-state index in [0.717, 1.165) is 37.9 Å². The van der Waals surface area contributed by atoms with Crippen molar-refractivity contribution in [3.63, 3.8) is 0 Å². The van der Waals surface area contributed by atoms with Crippen LogP contribution in [0.3, 0.4) is 0 Å². The Kier molecular flexibility index (Phi) is 5.51. The minimum atomic E-state index is -4.47. The van der Waals surface area contributed by atoms with Crippen molar-refractivity contribution in [1.29, 1.82) is 0 Å².